The van der Waals surface area contributed by atoms with Crippen molar-refractivity contribution in [2.24, 2.45) is 0 Å². The van der Waals surface area contributed by atoms with Gasteiger partial charge in [-0.15, -0.1) is 0 Å². The average molecular weight is 649 g/mol. The van der Waals surface area contributed by atoms with Crippen LogP contribution in [0, 0.1) is 13.8 Å². The van der Waals surface area contributed by atoms with Crippen LogP contribution in [0.3, 0.4) is 0 Å². The first-order chi connectivity index (χ1) is 20.1. The van der Waals surface area contributed by atoms with E-state index in [1.165, 1.54) is 11.9 Å². The Kier molecular flexibility index (Phi) is 10.2. The summed E-state index contributed by atoms with van der Waals surface area (Å²) in [5.41, 5.74) is 3.82. The summed E-state index contributed by atoms with van der Waals surface area (Å²) in [5, 5.41) is 2.70. The molecule has 1 N–H and O–H groups in total. The molecule has 0 radical (unpaired) electrons. The van der Waals surface area contributed by atoms with Gasteiger partial charge in [-0.3, -0.25) is 13.9 Å². The Hall–Kier alpha value is -3.95. The summed E-state index contributed by atoms with van der Waals surface area (Å²) in [6.07, 6.45) is 0.262. The lowest BCUT2D eigenvalue weighted by Crippen LogP contribution is -2.53. The summed E-state index contributed by atoms with van der Waals surface area (Å²) < 4.78 is 30.1. The largest absolute Gasteiger partial charge is 0.357 e. The molecule has 42 heavy (non-hydrogen) atoms. The smallest absolute Gasteiger partial charge is 0.264 e. The van der Waals surface area contributed by atoms with Crippen molar-refractivity contribution in [1.82, 2.24) is 10.2 Å². The van der Waals surface area contributed by atoms with Crippen LogP contribution in [0.25, 0.3) is 0 Å². The first-order valence-electron chi connectivity index (χ1n) is 13.5. The Labute approximate surface area is 256 Å². The van der Waals surface area contributed by atoms with Crippen molar-refractivity contribution in [3.05, 3.63) is 130 Å². The molecule has 0 saturated carbocycles. The van der Waals surface area contributed by atoms with Crippen molar-refractivity contribution < 1.29 is 18.0 Å². The summed E-state index contributed by atoms with van der Waals surface area (Å²) >= 11 is 3.44. The maximum absolute atomic E-state index is 14.3. The van der Waals surface area contributed by atoms with Crippen LogP contribution in [0.5, 0.6) is 0 Å². The van der Waals surface area contributed by atoms with E-state index in [9.17, 15) is 18.0 Å². The Morgan fingerprint density at radius 1 is 0.810 bits per heavy atom. The van der Waals surface area contributed by atoms with Gasteiger partial charge in [0, 0.05) is 24.5 Å². The van der Waals surface area contributed by atoms with E-state index >= 15 is 0 Å². The van der Waals surface area contributed by atoms with Gasteiger partial charge in [0.15, 0.2) is 0 Å². The second-order valence-corrected chi connectivity index (χ2v) is 12.9. The summed E-state index contributed by atoms with van der Waals surface area (Å²) in [4.78, 5) is 29.2. The molecule has 0 spiro atoms. The summed E-state index contributed by atoms with van der Waals surface area (Å²) in [5.74, 6) is -0.840. The molecule has 0 aliphatic heterocycles. The van der Waals surface area contributed by atoms with Gasteiger partial charge in [0.25, 0.3) is 10.0 Å². The van der Waals surface area contributed by atoms with Crippen LogP contribution in [0.15, 0.2) is 112 Å². The zero-order valence-corrected chi connectivity index (χ0v) is 26.2. The first-order valence-corrected chi connectivity index (χ1v) is 15.8. The van der Waals surface area contributed by atoms with Crippen molar-refractivity contribution in [2.75, 3.05) is 17.9 Å². The molecule has 4 aromatic carbocycles. The number of hydrogen-bond acceptors (Lipinski definition) is 4. The standard InChI is InChI=1S/C33H34BrN3O4S/c1-24-12-18-30(19-13-24)42(40,41)37(29-11-7-8-25(2)20-29)23-32(38)36(22-27-14-16-28(34)17-15-27)31(33(39)35-3)21-26-9-5-4-6-10-26/h4-20,31H,21-23H2,1-3H3,(H,35,39)/t31-/m1/s1. The van der Waals surface area contributed by atoms with Gasteiger partial charge in [0.1, 0.15) is 12.6 Å². The predicted molar refractivity (Wildman–Crippen MR) is 170 cm³/mol. The third-order valence-corrected chi connectivity index (χ3v) is 9.28. The van der Waals surface area contributed by atoms with E-state index in [1.807, 2.05) is 74.5 Å². The molecule has 4 aromatic rings. The van der Waals surface area contributed by atoms with Crippen LogP contribution >= 0.6 is 15.9 Å². The van der Waals surface area contributed by atoms with Crippen molar-refractivity contribution in [3.8, 4) is 0 Å². The molecule has 4 rings (SSSR count). The molecular formula is C33H34BrN3O4S. The summed E-state index contributed by atoms with van der Waals surface area (Å²) in [7, 11) is -2.59. The Morgan fingerprint density at radius 3 is 2.10 bits per heavy atom. The van der Waals surface area contributed by atoms with Gasteiger partial charge in [0.2, 0.25) is 11.8 Å². The van der Waals surface area contributed by atoms with Gasteiger partial charge >= 0.3 is 0 Å². The fourth-order valence-corrected chi connectivity index (χ4v) is 6.33. The number of likely N-dealkylation sites (N-methyl/N-ethyl adjacent to an activating group) is 1. The number of nitrogens with zero attached hydrogens (tertiary/aromatic N) is 2. The second-order valence-electron chi connectivity index (χ2n) is 10.1. The number of halogens is 1. The molecule has 0 unspecified atom stereocenters. The van der Waals surface area contributed by atoms with Crippen LogP contribution < -0.4 is 9.62 Å². The lowest BCUT2D eigenvalue weighted by atomic mass is 10.0. The van der Waals surface area contributed by atoms with Crippen molar-refractivity contribution >= 4 is 43.5 Å². The number of carbonyl (C=O) groups excluding carboxylic acids is 2. The number of nitrogens with one attached hydrogen (secondary N) is 1. The number of aryl methyl sites for hydroxylation is 2. The van der Waals surface area contributed by atoms with Crippen molar-refractivity contribution in [1.29, 1.82) is 0 Å². The maximum atomic E-state index is 14.3. The van der Waals surface area contributed by atoms with Gasteiger partial charge in [0.05, 0.1) is 10.6 Å². The Morgan fingerprint density at radius 2 is 1.48 bits per heavy atom. The monoisotopic (exact) mass is 647 g/mol. The number of hydrogen-bond donors (Lipinski definition) is 1. The molecule has 2 amide bonds. The lowest BCUT2D eigenvalue weighted by molar-refractivity contribution is -0.139. The highest BCUT2D eigenvalue weighted by Gasteiger charge is 2.34. The first kappa shape index (κ1) is 31.0. The van der Waals surface area contributed by atoms with Crippen LogP contribution in [0.2, 0.25) is 0 Å². The maximum Gasteiger partial charge on any atom is 0.264 e. The fraction of sp³-hybridized carbons (Fsp3) is 0.212. The molecule has 1 atom stereocenters. The van der Waals surface area contributed by atoms with Gasteiger partial charge in [-0.05, 0) is 66.9 Å². The van der Waals surface area contributed by atoms with E-state index in [0.29, 0.717) is 5.69 Å². The molecule has 0 heterocycles. The molecule has 218 valence electrons. The minimum Gasteiger partial charge on any atom is -0.357 e. The topological polar surface area (TPSA) is 86.8 Å². The molecule has 0 fully saturated rings. The van der Waals surface area contributed by atoms with Crippen LogP contribution in [-0.4, -0.2) is 44.8 Å². The number of benzene rings is 4. The molecule has 0 aromatic heterocycles. The molecule has 0 aliphatic carbocycles. The molecule has 0 bridgehead atoms. The van der Waals surface area contributed by atoms with Gasteiger partial charge in [-0.25, -0.2) is 8.42 Å². The quantitative estimate of drug-likeness (QED) is 0.228. The van der Waals surface area contributed by atoms with E-state index in [4.69, 9.17) is 0 Å². The van der Waals surface area contributed by atoms with E-state index in [2.05, 4.69) is 21.2 Å². The third-order valence-electron chi connectivity index (χ3n) is 6.96. The van der Waals surface area contributed by atoms with E-state index in [-0.39, 0.29) is 23.8 Å². The number of rotatable bonds is 11. The minimum absolute atomic E-state index is 0.0778. The number of anilines is 1. The summed E-state index contributed by atoms with van der Waals surface area (Å²) in [6, 6.07) is 29.6. The molecular weight excluding hydrogens is 614 g/mol. The molecule has 0 saturated heterocycles. The Bertz CT molecular complexity index is 1630. The van der Waals surface area contributed by atoms with E-state index in [0.717, 1.165) is 31.0 Å². The molecule has 7 nitrogen and oxygen atoms in total. The van der Waals surface area contributed by atoms with Gasteiger partial charge in [-0.2, -0.15) is 0 Å². The summed E-state index contributed by atoms with van der Waals surface area (Å²) in [6.45, 7) is 3.37. The highest BCUT2D eigenvalue weighted by molar-refractivity contribution is 9.10. The number of sulfonamides is 1. The van der Waals surface area contributed by atoms with E-state index in [1.54, 1.807) is 42.5 Å². The zero-order valence-electron chi connectivity index (χ0n) is 23.8. The normalized spacial score (nSPS) is 11.9. The van der Waals surface area contributed by atoms with Crippen molar-refractivity contribution in [2.45, 2.75) is 37.8 Å². The lowest BCUT2D eigenvalue weighted by Gasteiger charge is -2.33. The van der Waals surface area contributed by atoms with Crippen LogP contribution in [0.4, 0.5) is 5.69 Å². The number of amides is 2. The van der Waals surface area contributed by atoms with E-state index < -0.39 is 28.5 Å². The fourth-order valence-electron chi connectivity index (χ4n) is 4.66. The average Bonchev–Trinajstić information content (AvgIpc) is 2.98. The minimum atomic E-state index is -4.13. The Balaban J connectivity index is 1.78. The predicted octanol–water partition coefficient (Wildman–Crippen LogP) is 5.65. The highest BCUT2D eigenvalue weighted by atomic mass is 79.9. The second kappa shape index (κ2) is 13.8. The number of carbonyl (C=O) groups is 2. The molecule has 9 heteroatoms. The molecule has 0 aliphatic rings. The van der Waals surface area contributed by atoms with Crippen molar-refractivity contribution in [3.63, 3.8) is 0 Å². The van der Waals surface area contributed by atoms with Gasteiger partial charge in [-0.1, -0.05) is 88.2 Å². The van der Waals surface area contributed by atoms with Gasteiger partial charge < -0.3 is 10.2 Å². The zero-order chi connectivity index (χ0) is 30.3. The third kappa shape index (κ3) is 7.66. The van der Waals surface area contributed by atoms with Crippen LogP contribution in [0.1, 0.15) is 22.3 Å². The SMILES string of the molecule is CNC(=O)[C@@H](Cc1ccccc1)N(Cc1ccc(Br)cc1)C(=O)CN(c1cccc(C)c1)S(=O)(=O)c1ccc(C)cc1. The highest BCUT2D eigenvalue weighted by Crippen LogP contribution is 2.26. The van der Waals surface area contributed by atoms with Crippen LogP contribution in [-0.2, 0) is 32.6 Å².